The van der Waals surface area contributed by atoms with Gasteiger partial charge in [-0.25, -0.2) is 4.98 Å². The van der Waals surface area contributed by atoms with E-state index in [0.29, 0.717) is 11.5 Å². The lowest BCUT2D eigenvalue weighted by molar-refractivity contribution is 0.465. The van der Waals surface area contributed by atoms with Gasteiger partial charge in [0.15, 0.2) is 0 Å². The van der Waals surface area contributed by atoms with E-state index in [1.807, 2.05) is 36.0 Å². The summed E-state index contributed by atoms with van der Waals surface area (Å²) in [7, 11) is 1.82. The van der Waals surface area contributed by atoms with E-state index in [4.69, 9.17) is 4.74 Å². The minimum Gasteiger partial charge on any atom is -0.436 e. The van der Waals surface area contributed by atoms with Gasteiger partial charge in [0, 0.05) is 19.4 Å². The zero-order valence-electron chi connectivity index (χ0n) is 11.5. The Bertz CT molecular complexity index is 718. The van der Waals surface area contributed by atoms with Gasteiger partial charge in [-0.05, 0) is 24.1 Å². The first-order chi connectivity index (χ1) is 9.80. The highest BCUT2D eigenvalue weighted by Gasteiger charge is 2.09. The molecule has 0 aliphatic carbocycles. The fourth-order valence-electron chi connectivity index (χ4n) is 2.00. The zero-order chi connectivity index (χ0) is 13.9. The van der Waals surface area contributed by atoms with Crippen LogP contribution in [0.2, 0.25) is 0 Å². The Hall–Kier alpha value is -2.56. The fraction of sp³-hybridized carbons (Fsp3) is 0.200. The Kier molecular flexibility index (Phi) is 3.25. The van der Waals surface area contributed by atoms with Crippen molar-refractivity contribution in [2.45, 2.75) is 13.3 Å². The second-order valence-corrected chi connectivity index (χ2v) is 4.44. The molecule has 3 rings (SSSR count). The molecule has 102 valence electrons. The molecule has 0 atom stereocenters. The number of anilines is 1. The number of rotatable bonds is 4. The first-order valence-corrected chi connectivity index (χ1v) is 6.58. The highest BCUT2D eigenvalue weighted by molar-refractivity contribution is 5.54. The maximum Gasteiger partial charge on any atom is 0.265 e. The van der Waals surface area contributed by atoms with Crippen molar-refractivity contribution in [3.8, 4) is 11.6 Å². The summed E-state index contributed by atoms with van der Waals surface area (Å²) in [5.74, 6) is 1.98. The Labute approximate surface area is 117 Å². The highest BCUT2D eigenvalue weighted by Crippen LogP contribution is 2.25. The van der Waals surface area contributed by atoms with Crippen LogP contribution < -0.4 is 10.1 Å². The molecule has 1 N–H and O–H groups in total. The summed E-state index contributed by atoms with van der Waals surface area (Å²) in [6.45, 7) is 2.13. The number of hydrogen-bond acceptors (Lipinski definition) is 4. The van der Waals surface area contributed by atoms with Crippen LogP contribution in [0.1, 0.15) is 12.5 Å². The van der Waals surface area contributed by atoms with E-state index in [2.05, 4.69) is 34.3 Å². The third-order valence-corrected chi connectivity index (χ3v) is 3.15. The molecule has 0 saturated carbocycles. The van der Waals surface area contributed by atoms with E-state index in [-0.39, 0.29) is 0 Å². The van der Waals surface area contributed by atoms with Crippen LogP contribution in [-0.4, -0.2) is 21.4 Å². The number of aromatic nitrogens is 3. The summed E-state index contributed by atoms with van der Waals surface area (Å²) in [6.07, 6.45) is 6.47. The molecule has 0 spiro atoms. The molecule has 0 bridgehead atoms. The second-order valence-electron chi connectivity index (χ2n) is 4.44. The number of fused-ring (bicyclic) bond motifs is 1. The van der Waals surface area contributed by atoms with Gasteiger partial charge >= 0.3 is 0 Å². The monoisotopic (exact) mass is 268 g/mol. The predicted molar refractivity (Wildman–Crippen MR) is 78.4 cm³/mol. The van der Waals surface area contributed by atoms with Gasteiger partial charge in [-0.2, -0.15) is 4.98 Å². The van der Waals surface area contributed by atoms with E-state index < -0.39 is 0 Å². The predicted octanol–water partition coefficient (Wildman–Crippen LogP) is 3.13. The van der Waals surface area contributed by atoms with Crippen LogP contribution in [0.4, 0.5) is 5.82 Å². The third kappa shape index (κ3) is 2.30. The van der Waals surface area contributed by atoms with Crippen molar-refractivity contribution in [1.29, 1.82) is 0 Å². The Balaban J connectivity index is 1.98. The number of nitrogens with one attached hydrogen (secondary N) is 1. The SMILES string of the molecule is CCc1ccc(Oc2nc(NC)cn3ccnc23)cc1. The van der Waals surface area contributed by atoms with Crippen LogP contribution in [-0.2, 0) is 6.42 Å². The molecule has 0 radical (unpaired) electrons. The minimum absolute atomic E-state index is 0.492. The highest BCUT2D eigenvalue weighted by atomic mass is 16.5. The van der Waals surface area contributed by atoms with Crippen LogP contribution in [0.15, 0.2) is 42.9 Å². The molecule has 5 nitrogen and oxygen atoms in total. The van der Waals surface area contributed by atoms with Crippen LogP contribution >= 0.6 is 0 Å². The summed E-state index contributed by atoms with van der Waals surface area (Å²) in [6, 6.07) is 8.01. The Morgan fingerprint density at radius 3 is 2.75 bits per heavy atom. The summed E-state index contributed by atoms with van der Waals surface area (Å²) in [4.78, 5) is 8.68. The lowest BCUT2D eigenvalue weighted by Crippen LogP contribution is -1.99. The minimum atomic E-state index is 0.492. The van der Waals surface area contributed by atoms with Gasteiger partial charge in [0.25, 0.3) is 5.88 Å². The molecule has 0 unspecified atom stereocenters. The molecule has 0 aliphatic heterocycles. The van der Waals surface area contributed by atoms with E-state index in [0.717, 1.165) is 18.0 Å². The molecule has 0 saturated heterocycles. The molecular weight excluding hydrogens is 252 g/mol. The van der Waals surface area contributed by atoms with Gasteiger partial charge in [-0.15, -0.1) is 0 Å². The van der Waals surface area contributed by atoms with Gasteiger partial charge in [-0.3, -0.25) is 4.40 Å². The van der Waals surface area contributed by atoms with Gasteiger partial charge in [-0.1, -0.05) is 19.1 Å². The van der Waals surface area contributed by atoms with E-state index in [1.54, 1.807) is 6.20 Å². The van der Waals surface area contributed by atoms with Crippen LogP contribution in [0, 0.1) is 0 Å². The fourth-order valence-corrected chi connectivity index (χ4v) is 2.00. The standard InChI is InChI=1S/C15H16N4O/c1-3-11-4-6-12(7-5-11)20-15-14-17-8-9-19(14)10-13(16-2)18-15/h4-10,16H,3H2,1-2H3. The first-order valence-electron chi connectivity index (χ1n) is 6.58. The number of ether oxygens (including phenoxy) is 1. The summed E-state index contributed by atoms with van der Waals surface area (Å²) < 4.78 is 7.74. The maximum atomic E-state index is 5.86. The van der Waals surface area contributed by atoms with Gasteiger partial charge in [0.1, 0.15) is 11.6 Å². The summed E-state index contributed by atoms with van der Waals surface area (Å²) in [5, 5.41) is 3.01. The number of hydrogen-bond donors (Lipinski definition) is 1. The van der Waals surface area contributed by atoms with Crippen LogP contribution in [0.25, 0.3) is 5.65 Å². The van der Waals surface area contributed by atoms with Gasteiger partial charge < -0.3 is 10.1 Å². The molecule has 3 aromatic rings. The molecule has 2 aromatic heterocycles. The van der Waals surface area contributed by atoms with Crippen molar-refractivity contribution in [2.75, 3.05) is 12.4 Å². The molecule has 1 aromatic carbocycles. The van der Waals surface area contributed by atoms with E-state index >= 15 is 0 Å². The number of nitrogens with zero attached hydrogens (tertiary/aromatic N) is 3. The quantitative estimate of drug-likeness (QED) is 0.790. The van der Waals surface area contributed by atoms with Crippen molar-refractivity contribution in [1.82, 2.24) is 14.4 Å². The van der Waals surface area contributed by atoms with E-state index in [9.17, 15) is 0 Å². The zero-order valence-corrected chi connectivity index (χ0v) is 11.5. The Morgan fingerprint density at radius 2 is 2.05 bits per heavy atom. The third-order valence-electron chi connectivity index (χ3n) is 3.15. The normalized spacial score (nSPS) is 10.7. The van der Waals surface area contributed by atoms with Crippen molar-refractivity contribution < 1.29 is 4.74 Å². The second kappa shape index (κ2) is 5.21. The lowest BCUT2D eigenvalue weighted by atomic mass is 10.2. The molecule has 0 aliphatic rings. The summed E-state index contributed by atoms with van der Waals surface area (Å²) >= 11 is 0. The van der Waals surface area contributed by atoms with Crippen molar-refractivity contribution >= 4 is 11.5 Å². The number of imidazole rings is 1. The average molecular weight is 268 g/mol. The van der Waals surface area contributed by atoms with Gasteiger partial charge in [0.2, 0.25) is 5.65 Å². The molecule has 20 heavy (non-hydrogen) atoms. The van der Waals surface area contributed by atoms with E-state index in [1.165, 1.54) is 5.56 Å². The van der Waals surface area contributed by atoms with Crippen LogP contribution in [0.3, 0.4) is 0 Å². The van der Waals surface area contributed by atoms with Crippen molar-refractivity contribution in [2.24, 2.45) is 0 Å². The van der Waals surface area contributed by atoms with Crippen molar-refractivity contribution in [3.05, 3.63) is 48.4 Å². The molecule has 0 amide bonds. The summed E-state index contributed by atoms with van der Waals surface area (Å²) in [5.41, 5.74) is 1.98. The van der Waals surface area contributed by atoms with Gasteiger partial charge in [0.05, 0.1) is 6.20 Å². The largest absolute Gasteiger partial charge is 0.436 e. The maximum absolute atomic E-state index is 5.86. The number of aryl methyl sites for hydroxylation is 1. The average Bonchev–Trinajstić information content (AvgIpc) is 2.96. The molecule has 2 heterocycles. The Morgan fingerprint density at radius 1 is 1.25 bits per heavy atom. The molecule has 0 fully saturated rings. The number of benzene rings is 1. The van der Waals surface area contributed by atoms with Crippen LogP contribution in [0.5, 0.6) is 11.6 Å². The van der Waals surface area contributed by atoms with Crippen molar-refractivity contribution in [3.63, 3.8) is 0 Å². The lowest BCUT2D eigenvalue weighted by Gasteiger charge is -2.08. The molecular formula is C15H16N4O. The first kappa shape index (κ1) is 12.5. The molecule has 5 heteroatoms. The topological polar surface area (TPSA) is 51.5 Å². The smallest absolute Gasteiger partial charge is 0.265 e.